The Morgan fingerprint density at radius 2 is 2.18 bits per heavy atom. The van der Waals surface area contributed by atoms with Crippen LogP contribution in [0.15, 0.2) is 11.6 Å². The third-order valence-electron chi connectivity index (χ3n) is 2.19. The molecule has 1 N–H and O–H groups in total. The van der Waals surface area contributed by atoms with Crippen LogP contribution >= 0.6 is 0 Å². The number of aliphatic hydroxyl groups is 1. The highest BCUT2D eigenvalue weighted by Gasteiger charge is 2.34. The van der Waals surface area contributed by atoms with Crippen LogP contribution in [0.3, 0.4) is 0 Å². The maximum absolute atomic E-state index is 11.0. The number of hydrogen-bond acceptors (Lipinski definition) is 2. The lowest BCUT2D eigenvalue weighted by Crippen LogP contribution is -2.35. The van der Waals surface area contributed by atoms with E-state index >= 15 is 0 Å². The summed E-state index contributed by atoms with van der Waals surface area (Å²) < 4.78 is 0. The average Bonchev–Trinajstić information content (AvgIpc) is 1.81. The molecule has 2 nitrogen and oxygen atoms in total. The standard InChI is InChI=1S/C9H14O2/c1-6-4-7(10)5-9(2,3)8(6)11/h4,8,11H,5H2,1-3H3/t8-/m0/s1. The fourth-order valence-corrected chi connectivity index (χ4v) is 1.55. The summed E-state index contributed by atoms with van der Waals surface area (Å²) in [5.41, 5.74) is 0.502. The molecule has 1 aliphatic carbocycles. The number of carbonyl (C=O) groups is 1. The van der Waals surface area contributed by atoms with Crippen molar-refractivity contribution in [3.05, 3.63) is 11.6 Å². The first-order valence-electron chi connectivity index (χ1n) is 3.82. The second-order valence-electron chi connectivity index (χ2n) is 3.92. The van der Waals surface area contributed by atoms with Crippen LogP contribution in [0.25, 0.3) is 0 Å². The van der Waals surface area contributed by atoms with Crippen molar-refractivity contribution in [2.75, 3.05) is 0 Å². The van der Waals surface area contributed by atoms with E-state index in [1.807, 2.05) is 13.8 Å². The van der Waals surface area contributed by atoms with E-state index < -0.39 is 6.10 Å². The number of ketones is 1. The number of aliphatic hydroxyl groups excluding tert-OH is 1. The average molecular weight is 154 g/mol. The fraction of sp³-hybridized carbons (Fsp3) is 0.667. The Morgan fingerprint density at radius 3 is 2.64 bits per heavy atom. The first-order valence-corrected chi connectivity index (χ1v) is 3.82. The Morgan fingerprint density at radius 1 is 1.64 bits per heavy atom. The normalized spacial score (nSPS) is 30.0. The summed E-state index contributed by atoms with van der Waals surface area (Å²) in [6.07, 6.45) is 1.53. The van der Waals surface area contributed by atoms with Crippen molar-refractivity contribution in [1.29, 1.82) is 0 Å². The van der Waals surface area contributed by atoms with Gasteiger partial charge in [-0.3, -0.25) is 4.79 Å². The molecule has 1 atom stereocenters. The molecule has 0 aromatic carbocycles. The second-order valence-corrected chi connectivity index (χ2v) is 3.92. The van der Waals surface area contributed by atoms with Gasteiger partial charge in [-0.15, -0.1) is 0 Å². The summed E-state index contributed by atoms with van der Waals surface area (Å²) in [4.78, 5) is 11.0. The predicted molar refractivity (Wildman–Crippen MR) is 43.2 cm³/mol. The topological polar surface area (TPSA) is 37.3 Å². The van der Waals surface area contributed by atoms with Gasteiger partial charge in [0.1, 0.15) is 0 Å². The molecule has 0 amide bonds. The maximum atomic E-state index is 11.0. The SMILES string of the molecule is CC1=CC(=O)CC(C)(C)[C@H]1O. The molecule has 62 valence electrons. The van der Waals surface area contributed by atoms with Gasteiger partial charge in [-0.1, -0.05) is 13.8 Å². The summed E-state index contributed by atoms with van der Waals surface area (Å²) in [5, 5.41) is 9.60. The van der Waals surface area contributed by atoms with Crippen LogP contribution in [0, 0.1) is 5.41 Å². The van der Waals surface area contributed by atoms with E-state index in [0.717, 1.165) is 5.57 Å². The van der Waals surface area contributed by atoms with Gasteiger partial charge in [-0.05, 0) is 18.6 Å². The van der Waals surface area contributed by atoms with Gasteiger partial charge in [0.15, 0.2) is 5.78 Å². The van der Waals surface area contributed by atoms with Gasteiger partial charge in [-0.2, -0.15) is 0 Å². The number of carbonyl (C=O) groups excluding carboxylic acids is 1. The zero-order valence-corrected chi connectivity index (χ0v) is 7.22. The molecule has 2 heteroatoms. The van der Waals surface area contributed by atoms with Gasteiger partial charge in [0.2, 0.25) is 0 Å². The van der Waals surface area contributed by atoms with E-state index in [1.165, 1.54) is 6.08 Å². The third-order valence-corrected chi connectivity index (χ3v) is 2.19. The lowest BCUT2D eigenvalue weighted by atomic mass is 9.75. The zero-order valence-electron chi connectivity index (χ0n) is 7.22. The van der Waals surface area contributed by atoms with Crippen molar-refractivity contribution in [3.8, 4) is 0 Å². The molecule has 0 heterocycles. The Kier molecular flexibility index (Phi) is 1.89. The molecule has 0 unspecified atom stereocenters. The van der Waals surface area contributed by atoms with E-state index in [0.29, 0.717) is 6.42 Å². The van der Waals surface area contributed by atoms with Gasteiger partial charge < -0.3 is 5.11 Å². The number of allylic oxidation sites excluding steroid dienone is 1. The quantitative estimate of drug-likeness (QED) is 0.571. The minimum atomic E-state index is -0.458. The maximum Gasteiger partial charge on any atom is 0.156 e. The Bertz CT molecular complexity index is 214. The highest BCUT2D eigenvalue weighted by molar-refractivity contribution is 5.92. The van der Waals surface area contributed by atoms with Crippen molar-refractivity contribution in [2.45, 2.75) is 33.3 Å². The first-order chi connectivity index (χ1) is 4.93. The molecule has 0 aliphatic heterocycles. The van der Waals surface area contributed by atoms with Crippen LogP contribution in [0.4, 0.5) is 0 Å². The van der Waals surface area contributed by atoms with Gasteiger partial charge in [0.05, 0.1) is 6.10 Å². The predicted octanol–water partition coefficient (Wildman–Crippen LogP) is 1.29. The van der Waals surface area contributed by atoms with Gasteiger partial charge in [0, 0.05) is 11.8 Å². The summed E-state index contributed by atoms with van der Waals surface area (Å²) in [7, 11) is 0. The Hall–Kier alpha value is -0.630. The highest BCUT2D eigenvalue weighted by Crippen LogP contribution is 2.33. The number of rotatable bonds is 0. The fourth-order valence-electron chi connectivity index (χ4n) is 1.55. The highest BCUT2D eigenvalue weighted by atomic mass is 16.3. The minimum absolute atomic E-state index is 0.123. The Labute approximate surface area is 66.9 Å². The van der Waals surface area contributed by atoms with E-state index in [1.54, 1.807) is 6.92 Å². The molecule has 0 saturated heterocycles. The monoisotopic (exact) mass is 154 g/mol. The van der Waals surface area contributed by atoms with Crippen LogP contribution in [0.2, 0.25) is 0 Å². The molecule has 0 fully saturated rings. The Balaban J connectivity index is 2.95. The molecule has 0 spiro atoms. The van der Waals surface area contributed by atoms with Crippen molar-refractivity contribution < 1.29 is 9.90 Å². The van der Waals surface area contributed by atoms with Gasteiger partial charge in [-0.25, -0.2) is 0 Å². The largest absolute Gasteiger partial charge is 0.388 e. The van der Waals surface area contributed by atoms with Crippen LogP contribution in [0.1, 0.15) is 27.2 Å². The van der Waals surface area contributed by atoms with Crippen LogP contribution in [-0.4, -0.2) is 17.0 Å². The van der Waals surface area contributed by atoms with Crippen molar-refractivity contribution in [3.63, 3.8) is 0 Å². The molecule has 1 rings (SSSR count). The van der Waals surface area contributed by atoms with E-state index in [2.05, 4.69) is 0 Å². The molecular formula is C9H14O2. The van der Waals surface area contributed by atoms with Gasteiger partial charge >= 0.3 is 0 Å². The molecule has 1 aliphatic rings. The van der Waals surface area contributed by atoms with Crippen LogP contribution < -0.4 is 0 Å². The lowest BCUT2D eigenvalue weighted by Gasteiger charge is -2.33. The van der Waals surface area contributed by atoms with Crippen molar-refractivity contribution >= 4 is 5.78 Å². The van der Waals surface area contributed by atoms with Crippen molar-refractivity contribution in [1.82, 2.24) is 0 Å². The third kappa shape index (κ3) is 1.51. The molecule has 0 saturated carbocycles. The summed E-state index contributed by atoms with van der Waals surface area (Å²) in [5.74, 6) is 0.123. The van der Waals surface area contributed by atoms with Crippen LogP contribution in [-0.2, 0) is 4.79 Å². The van der Waals surface area contributed by atoms with E-state index in [-0.39, 0.29) is 11.2 Å². The molecule has 11 heavy (non-hydrogen) atoms. The molecule has 0 radical (unpaired) electrons. The first kappa shape index (κ1) is 8.47. The molecular weight excluding hydrogens is 140 g/mol. The van der Waals surface area contributed by atoms with Crippen molar-refractivity contribution in [2.24, 2.45) is 5.41 Å². The molecule has 0 aromatic rings. The smallest absolute Gasteiger partial charge is 0.156 e. The zero-order chi connectivity index (χ0) is 8.65. The number of hydrogen-bond donors (Lipinski definition) is 1. The second kappa shape index (κ2) is 2.45. The van der Waals surface area contributed by atoms with Crippen LogP contribution in [0.5, 0.6) is 0 Å². The summed E-state index contributed by atoms with van der Waals surface area (Å²) in [6.45, 7) is 5.61. The molecule has 0 bridgehead atoms. The van der Waals surface area contributed by atoms with Gasteiger partial charge in [0.25, 0.3) is 0 Å². The summed E-state index contributed by atoms with van der Waals surface area (Å²) >= 11 is 0. The van der Waals surface area contributed by atoms with E-state index in [4.69, 9.17) is 0 Å². The lowest BCUT2D eigenvalue weighted by molar-refractivity contribution is -0.119. The van der Waals surface area contributed by atoms with E-state index in [9.17, 15) is 9.90 Å². The summed E-state index contributed by atoms with van der Waals surface area (Å²) in [6, 6.07) is 0. The molecule has 0 aromatic heterocycles. The minimum Gasteiger partial charge on any atom is -0.388 e.